The zero-order valence-corrected chi connectivity index (χ0v) is 15.0. The predicted octanol–water partition coefficient (Wildman–Crippen LogP) is 2.49. The molecule has 2 atom stereocenters. The molecule has 0 aliphatic carbocycles. The van der Waals surface area contributed by atoms with Crippen molar-refractivity contribution in [2.75, 3.05) is 20.2 Å². The Balaban J connectivity index is 1.98. The number of benzene rings is 1. The molecule has 0 saturated carbocycles. The first-order valence-electron chi connectivity index (χ1n) is 8.22. The maximum absolute atomic E-state index is 11.7. The van der Waals surface area contributed by atoms with Crippen LogP contribution in [0, 0.1) is 0 Å². The number of rotatable bonds is 3. The molecule has 1 aromatic carbocycles. The maximum atomic E-state index is 11.7. The number of hydrogen-bond acceptors (Lipinski definition) is 7. The molecule has 1 aromatic rings. The second-order valence-corrected chi connectivity index (χ2v) is 7.02. The molecular weight excluding hydrogens is 326 g/mol. The molecule has 0 radical (unpaired) electrons. The van der Waals surface area contributed by atoms with Crippen molar-refractivity contribution in [2.24, 2.45) is 0 Å². The number of methoxy groups -OCH3 is 1. The molecule has 1 aliphatic heterocycles. The molecule has 25 heavy (non-hydrogen) atoms. The van der Waals surface area contributed by atoms with Crippen LogP contribution in [0.25, 0.3) is 0 Å². The van der Waals surface area contributed by atoms with E-state index in [0.717, 1.165) is 5.56 Å². The summed E-state index contributed by atoms with van der Waals surface area (Å²) in [5.41, 5.74) is 0.662. The molecule has 7 nitrogen and oxygen atoms in total. The number of ether oxygens (including phenoxy) is 2. The summed E-state index contributed by atoms with van der Waals surface area (Å²) in [5, 5.41) is 11.8. The average molecular weight is 351 g/mol. The molecule has 0 bridgehead atoms. The smallest absolute Gasteiger partial charge is 0.465 e. The highest BCUT2D eigenvalue weighted by molar-refractivity contribution is 5.89. The van der Waals surface area contributed by atoms with Crippen molar-refractivity contribution in [3.8, 4) is 0 Å². The Bertz CT molecular complexity index is 624. The van der Waals surface area contributed by atoms with Crippen LogP contribution in [0.2, 0.25) is 0 Å². The summed E-state index contributed by atoms with van der Waals surface area (Å²) in [6.07, 6.45) is -0.941. The average Bonchev–Trinajstić information content (AvgIpc) is 2.52. The van der Waals surface area contributed by atoms with Gasteiger partial charge in [-0.1, -0.05) is 12.1 Å². The van der Waals surface area contributed by atoms with Crippen molar-refractivity contribution in [3.63, 3.8) is 0 Å². The zero-order valence-electron chi connectivity index (χ0n) is 15.0. The molecule has 2 unspecified atom stereocenters. The summed E-state index contributed by atoms with van der Waals surface area (Å²) in [6.45, 7) is 5.90. The minimum Gasteiger partial charge on any atom is -0.465 e. The standard InChI is InChI=1S/C18H25NO6/c1-18(2,3)24-17(22)25-19-9-8-14(15(20)11-19)12-6-5-7-13(10-12)16(21)23-4/h5-7,10,14-15,20H,8-9,11H2,1-4H3. The molecule has 1 saturated heterocycles. The third-order valence-electron chi connectivity index (χ3n) is 3.87. The predicted molar refractivity (Wildman–Crippen MR) is 90.0 cm³/mol. The summed E-state index contributed by atoms with van der Waals surface area (Å²) >= 11 is 0. The van der Waals surface area contributed by atoms with E-state index in [1.54, 1.807) is 39.0 Å². The van der Waals surface area contributed by atoms with Crippen LogP contribution in [0.15, 0.2) is 24.3 Å². The van der Waals surface area contributed by atoms with E-state index in [0.29, 0.717) is 18.5 Å². The molecule has 0 spiro atoms. The number of carbonyl (C=O) groups excluding carboxylic acids is 2. The van der Waals surface area contributed by atoms with E-state index in [2.05, 4.69) is 0 Å². The van der Waals surface area contributed by atoms with E-state index in [1.165, 1.54) is 12.2 Å². The van der Waals surface area contributed by atoms with E-state index in [9.17, 15) is 14.7 Å². The summed E-state index contributed by atoms with van der Waals surface area (Å²) in [5.74, 6) is -0.565. The minimum absolute atomic E-state index is 0.150. The highest BCUT2D eigenvalue weighted by Gasteiger charge is 2.32. The lowest BCUT2D eigenvalue weighted by molar-refractivity contribution is -0.170. The van der Waals surface area contributed by atoms with Crippen LogP contribution >= 0.6 is 0 Å². The Morgan fingerprint density at radius 1 is 1.28 bits per heavy atom. The number of hydroxylamine groups is 2. The van der Waals surface area contributed by atoms with Crippen molar-refractivity contribution >= 4 is 12.1 Å². The Hall–Kier alpha value is -2.12. The van der Waals surface area contributed by atoms with E-state index < -0.39 is 23.8 Å². The van der Waals surface area contributed by atoms with Gasteiger partial charge in [0.25, 0.3) is 0 Å². The number of esters is 1. The van der Waals surface area contributed by atoms with Gasteiger partial charge in [0.1, 0.15) is 5.60 Å². The van der Waals surface area contributed by atoms with Crippen LogP contribution in [0.1, 0.15) is 49.0 Å². The van der Waals surface area contributed by atoms with Gasteiger partial charge in [-0.25, -0.2) is 9.59 Å². The quantitative estimate of drug-likeness (QED) is 0.837. The lowest BCUT2D eigenvalue weighted by Crippen LogP contribution is -2.44. The van der Waals surface area contributed by atoms with Crippen LogP contribution in [-0.4, -0.2) is 54.2 Å². The van der Waals surface area contributed by atoms with Crippen molar-refractivity contribution in [1.29, 1.82) is 0 Å². The van der Waals surface area contributed by atoms with Gasteiger partial charge in [-0.05, 0) is 44.9 Å². The molecule has 1 N–H and O–H groups in total. The maximum Gasteiger partial charge on any atom is 0.528 e. The SMILES string of the molecule is COC(=O)c1cccc(C2CCN(OC(=O)OC(C)(C)C)CC2O)c1. The van der Waals surface area contributed by atoms with Gasteiger partial charge in [-0.15, -0.1) is 5.06 Å². The Morgan fingerprint density at radius 3 is 2.60 bits per heavy atom. The topological polar surface area (TPSA) is 85.3 Å². The van der Waals surface area contributed by atoms with Gasteiger partial charge in [0.15, 0.2) is 0 Å². The van der Waals surface area contributed by atoms with Gasteiger partial charge >= 0.3 is 12.1 Å². The molecule has 1 fully saturated rings. The van der Waals surface area contributed by atoms with E-state index >= 15 is 0 Å². The molecular formula is C18H25NO6. The van der Waals surface area contributed by atoms with Gasteiger partial charge in [-0.3, -0.25) is 0 Å². The normalized spacial score (nSPS) is 21.5. The van der Waals surface area contributed by atoms with Crippen molar-refractivity contribution in [1.82, 2.24) is 5.06 Å². The fourth-order valence-electron chi connectivity index (χ4n) is 2.76. The van der Waals surface area contributed by atoms with Crippen LogP contribution in [0.4, 0.5) is 4.79 Å². The molecule has 0 amide bonds. The fourth-order valence-corrected chi connectivity index (χ4v) is 2.76. The van der Waals surface area contributed by atoms with Gasteiger partial charge in [0.2, 0.25) is 0 Å². The van der Waals surface area contributed by atoms with Crippen LogP contribution in [0.3, 0.4) is 0 Å². The van der Waals surface area contributed by atoms with Gasteiger partial charge in [0.05, 0.1) is 25.3 Å². The number of piperidine rings is 1. The first-order valence-corrected chi connectivity index (χ1v) is 8.22. The Morgan fingerprint density at radius 2 is 2.00 bits per heavy atom. The second-order valence-electron chi connectivity index (χ2n) is 7.02. The Kier molecular flexibility index (Phi) is 6.02. The monoisotopic (exact) mass is 351 g/mol. The summed E-state index contributed by atoms with van der Waals surface area (Å²) < 4.78 is 9.83. The number of aliphatic hydroxyl groups excluding tert-OH is 1. The minimum atomic E-state index is -0.786. The van der Waals surface area contributed by atoms with Crippen LogP contribution in [-0.2, 0) is 14.3 Å². The van der Waals surface area contributed by atoms with Gasteiger partial charge in [-0.2, -0.15) is 0 Å². The number of nitrogens with zero attached hydrogens (tertiary/aromatic N) is 1. The third kappa shape index (κ3) is 5.44. The van der Waals surface area contributed by atoms with Gasteiger partial charge < -0.3 is 19.4 Å². The zero-order chi connectivity index (χ0) is 18.6. The van der Waals surface area contributed by atoms with Crippen molar-refractivity contribution in [2.45, 2.75) is 44.8 Å². The van der Waals surface area contributed by atoms with E-state index in [4.69, 9.17) is 14.3 Å². The molecule has 2 rings (SSSR count). The van der Waals surface area contributed by atoms with Crippen molar-refractivity contribution < 1.29 is 29.0 Å². The van der Waals surface area contributed by atoms with Crippen molar-refractivity contribution in [3.05, 3.63) is 35.4 Å². The lowest BCUT2D eigenvalue weighted by Gasteiger charge is -2.35. The summed E-state index contributed by atoms with van der Waals surface area (Å²) in [6, 6.07) is 7.02. The Labute approximate surface area is 147 Å². The first-order chi connectivity index (χ1) is 11.7. The third-order valence-corrected chi connectivity index (χ3v) is 3.87. The summed E-state index contributed by atoms with van der Waals surface area (Å²) in [7, 11) is 1.33. The number of hydrogen-bond donors (Lipinski definition) is 1. The van der Waals surface area contributed by atoms with Crippen LogP contribution < -0.4 is 0 Å². The lowest BCUT2D eigenvalue weighted by atomic mass is 9.87. The molecule has 138 valence electrons. The molecule has 7 heteroatoms. The first kappa shape index (κ1) is 19.2. The van der Waals surface area contributed by atoms with E-state index in [1.807, 2.05) is 6.07 Å². The second kappa shape index (κ2) is 7.84. The number of aliphatic hydroxyl groups is 1. The molecule has 0 aromatic heterocycles. The molecule has 1 heterocycles. The highest BCUT2D eigenvalue weighted by Crippen LogP contribution is 2.29. The fraction of sp³-hybridized carbons (Fsp3) is 0.556. The number of β-amino-alcohol motifs (C(OH)–C–C–N with tert-alkyl or cyclic N) is 1. The highest BCUT2D eigenvalue weighted by atomic mass is 16.8. The summed E-state index contributed by atoms with van der Waals surface area (Å²) in [4.78, 5) is 28.5. The molecule has 1 aliphatic rings. The number of carbonyl (C=O) groups is 2. The van der Waals surface area contributed by atoms with E-state index in [-0.39, 0.29) is 12.5 Å². The van der Waals surface area contributed by atoms with Gasteiger partial charge in [0, 0.05) is 12.5 Å². The largest absolute Gasteiger partial charge is 0.528 e. The van der Waals surface area contributed by atoms with Crippen LogP contribution in [0.5, 0.6) is 0 Å².